The molecule has 1 aromatic heterocycles. The molecule has 0 aliphatic heterocycles. The maximum atomic E-state index is 11.0. The molecule has 1 aromatic carbocycles. The fourth-order valence-corrected chi connectivity index (χ4v) is 1.98. The molecule has 0 saturated carbocycles. The molecule has 84 valence electrons. The van der Waals surface area contributed by atoms with Crippen molar-refractivity contribution < 1.29 is 9.53 Å². The zero-order valence-electron chi connectivity index (χ0n) is 9.33. The minimum absolute atomic E-state index is 0.228. The average molecular weight is 218 g/mol. The Morgan fingerprint density at radius 2 is 2.25 bits per heavy atom. The van der Waals surface area contributed by atoms with Crippen molar-refractivity contribution in [2.75, 3.05) is 7.11 Å². The summed E-state index contributed by atoms with van der Waals surface area (Å²) in [4.78, 5) is 14.2. The number of aromatic amines is 1. The monoisotopic (exact) mass is 218 g/mol. The Balaban J connectivity index is 2.70. The Kier molecular flexibility index (Phi) is 2.56. The summed E-state index contributed by atoms with van der Waals surface area (Å²) in [5, 5.41) is 0.946. The van der Waals surface area contributed by atoms with Crippen LogP contribution in [0.3, 0.4) is 0 Å². The maximum Gasteiger partial charge on any atom is 0.221 e. The number of rotatable bonds is 3. The lowest BCUT2D eigenvalue weighted by atomic mass is 10.1. The van der Waals surface area contributed by atoms with E-state index >= 15 is 0 Å². The third-order valence-corrected chi connectivity index (χ3v) is 2.67. The van der Waals surface area contributed by atoms with E-state index in [9.17, 15) is 4.79 Å². The van der Waals surface area contributed by atoms with E-state index in [0.29, 0.717) is 0 Å². The van der Waals surface area contributed by atoms with Gasteiger partial charge in [-0.3, -0.25) is 4.79 Å². The molecule has 0 aliphatic carbocycles. The third kappa shape index (κ3) is 1.62. The Bertz CT molecular complexity index is 543. The van der Waals surface area contributed by atoms with Gasteiger partial charge in [0.1, 0.15) is 5.75 Å². The molecule has 0 unspecified atom stereocenters. The molecule has 0 aliphatic rings. The standard InChI is InChI=1S/C12H14N2O2/c1-7-8(6-11(13)15)12-9(14-7)4-3-5-10(12)16-2/h3-5,14H,6H2,1-2H3,(H2,13,15). The second kappa shape index (κ2) is 3.89. The van der Waals surface area contributed by atoms with Gasteiger partial charge in [-0.1, -0.05) is 6.07 Å². The van der Waals surface area contributed by atoms with Crippen molar-refractivity contribution in [1.29, 1.82) is 0 Å². The summed E-state index contributed by atoms with van der Waals surface area (Å²) in [6, 6.07) is 5.74. The third-order valence-electron chi connectivity index (χ3n) is 2.67. The molecule has 4 heteroatoms. The first-order valence-electron chi connectivity index (χ1n) is 5.06. The van der Waals surface area contributed by atoms with Crippen LogP contribution in [0.25, 0.3) is 10.9 Å². The molecule has 0 radical (unpaired) electrons. The number of hydrogen-bond acceptors (Lipinski definition) is 2. The van der Waals surface area contributed by atoms with Gasteiger partial charge in [-0.25, -0.2) is 0 Å². The van der Waals surface area contributed by atoms with Gasteiger partial charge in [0.05, 0.1) is 13.5 Å². The molecule has 0 saturated heterocycles. The molecule has 1 amide bonds. The Morgan fingerprint density at radius 3 is 2.88 bits per heavy atom. The number of ether oxygens (including phenoxy) is 1. The van der Waals surface area contributed by atoms with E-state index < -0.39 is 0 Å². The van der Waals surface area contributed by atoms with Crippen LogP contribution >= 0.6 is 0 Å². The number of H-pyrrole nitrogens is 1. The number of benzene rings is 1. The van der Waals surface area contributed by atoms with E-state index in [4.69, 9.17) is 10.5 Å². The van der Waals surface area contributed by atoms with E-state index in [2.05, 4.69) is 4.98 Å². The highest BCUT2D eigenvalue weighted by atomic mass is 16.5. The normalized spacial score (nSPS) is 10.6. The number of aromatic nitrogens is 1. The van der Waals surface area contributed by atoms with Crippen LogP contribution in [0.15, 0.2) is 18.2 Å². The second-order valence-electron chi connectivity index (χ2n) is 3.75. The molecule has 1 heterocycles. The predicted molar refractivity (Wildman–Crippen MR) is 62.5 cm³/mol. The molecule has 0 atom stereocenters. The van der Waals surface area contributed by atoms with Gasteiger partial charge in [0.15, 0.2) is 0 Å². The zero-order valence-corrected chi connectivity index (χ0v) is 9.33. The Hall–Kier alpha value is -1.97. The van der Waals surface area contributed by atoms with Crippen molar-refractivity contribution in [3.8, 4) is 5.75 Å². The summed E-state index contributed by atoms with van der Waals surface area (Å²) in [7, 11) is 1.62. The number of amides is 1. The van der Waals surface area contributed by atoms with Crippen molar-refractivity contribution >= 4 is 16.8 Å². The summed E-state index contributed by atoms with van der Waals surface area (Å²) >= 11 is 0. The SMILES string of the molecule is COc1cccc2[nH]c(C)c(CC(N)=O)c12. The largest absolute Gasteiger partial charge is 0.496 e. The molecular weight excluding hydrogens is 204 g/mol. The highest BCUT2D eigenvalue weighted by Gasteiger charge is 2.14. The average Bonchev–Trinajstić information content (AvgIpc) is 2.54. The number of nitrogens with one attached hydrogen (secondary N) is 1. The van der Waals surface area contributed by atoms with Crippen LogP contribution in [0.1, 0.15) is 11.3 Å². The second-order valence-corrected chi connectivity index (χ2v) is 3.75. The van der Waals surface area contributed by atoms with Crippen molar-refractivity contribution in [1.82, 2.24) is 4.98 Å². The smallest absolute Gasteiger partial charge is 0.221 e. The molecule has 2 aromatic rings. The van der Waals surface area contributed by atoms with Crippen LogP contribution in [-0.4, -0.2) is 18.0 Å². The van der Waals surface area contributed by atoms with E-state index in [1.54, 1.807) is 7.11 Å². The van der Waals surface area contributed by atoms with Gasteiger partial charge in [-0.2, -0.15) is 0 Å². The fourth-order valence-electron chi connectivity index (χ4n) is 1.98. The number of nitrogens with two attached hydrogens (primary N) is 1. The lowest BCUT2D eigenvalue weighted by Crippen LogP contribution is -2.14. The first kappa shape index (κ1) is 10.5. The van der Waals surface area contributed by atoms with Crippen LogP contribution in [0.2, 0.25) is 0 Å². The van der Waals surface area contributed by atoms with Crippen LogP contribution in [0.4, 0.5) is 0 Å². The maximum absolute atomic E-state index is 11.0. The van der Waals surface area contributed by atoms with Crippen LogP contribution < -0.4 is 10.5 Å². The van der Waals surface area contributed by atoms with Crippen LogP contribution in [0.5, 0.6) is 5.75 Å². The quantitative estimate of drug-likeness (QED) is 0.820. The summed E-state index contributed by atoms with van der Waals surface area (Å²) in [6.07, 6.45) is 0.228. The van der Waals surface area contributed by atoms with E-state index in [1.165, 1.54) is 0 Å². The van der Waals surface area contributed by atoms with Crippen molar-refractivity contribution in [3.05, 3.63) is 29.5 Å². The Morgan fingerprint density at radius 1 is 1.50 bits per heavy atom. The summed E-state index contributed by atoms with van der Waals surface area (Å²) in [5.41, 5.74) is 8.08. The van der Waals surface area contributed by atoms with Gasteiger partial charge in [0, 0.05) is 16.6 Å². The molecule has 0 spiro atoms. The number of carbonyl (C=O) groups excluding carboxylic acids is 1. The topological polar surface area (TPSA) is 68.1 Å². The van der Waals surface area contributed by atoms with E-state index in [1.807, 2.05) is 25.1 Å². The first-order chi connectivity index (χ1) is 7.63. The minimum Gasteiger partial charge on any atom is -0.496 e. The van der Waals surface area contributed by atoms with E-state index in [0.717, 1.165) is 27.9 Å². The van der Waals surface area contributed by atoms with Gasteiger partial charge >= 0.3 is 0 Å². The predicted octanol–water partition coefficient (Wildman–Crippen LogP) is 1.51. The number of aryl methyl sites for hydroxylation is 1. The number of fused-ring (bicyclic) bond motifs is 1. The van der Waals surface area contributed by atoms with Gasteiger partial charge in [0.2, 0.25) is 5.91 Å². The van der Waals surface area contributed by atoms with Gasteiger partial charge in [0.25, 0.3) is 0 Å². The molecule has 16 heavy (non-hydrogen) atoms. The summed E-state index contributed by atoms with van der Waals surface area (Å²) in [6.45, 7) is 1.93. The molecule has 4 nitrogen and oxygen atoms in total. The Labute approximate surface area is 93.4 Å². The summed E-state index contributed by atoms with van der Waals surface area (Å²) < 4.78 is 5.29. The van der Waals surface area contributed by atoms with Gasteiger partial charge < -0.3 is 15.5 Å². The number of methoxy groups -OCH3 is 1. The number of hydrogen-bond donors (Lipinski definition) is 2. The first-order valence-corrected chi connectivity index (χ1v) is 5.06. The number of carbonyl (C=O) groups is 1. The van der Waals surface area contributed by atoms with Gasteiger partial charge in [-0.05, 0) is 24.6 Å². The molecule has 2 rings (SSSR count). The molecular formula is C12H14N2O2. The molecule has 0 fully saturated rings. The van der Waals surface area contributed by atoms with Crippen molar-refractivity contribution in [2.45, 2.75) is 13.3 Å². The van der Waals surface area contributed by atoms with Gasteiger partial charge in [-0.15, -0.1) is 0 Å². The summed E-state index contributed by atoms with van der Waals surface area (Å²) in [5.74, 6) is 0.424. The van der Waals surface area contributed by atoms with Crippen LogP contribution in [0, 0.1) is 6.92 Å². The zero-order chi connectivity index (χ0) is 11.7. The minimum atomic E-state index is -0.338. The number of primary amides is 1. The van der Waals surface area contributed by atoms with Crippen molar-refractivity contribution in [3.63, 3.8) is 0 Å². The highest BCUT2D eigenvalue weighted by Crippen LogP contribution is 2.30. The lowest BCUT2D eigenvalue weighted by Gasteiger charge is -2.03. The lowest BCUT2D eigenvalue weighted by molar-refractivity contribution is -0.117. The highest BCUT2D eigenvalue weighted by molar-refractivity contribution is 5.93. The van der Waals surface area contributed by atoms with E-state index in [-0.39, 0.29) is 12.3 Å². The fraction of sp³-hybridized carbons (Fsp3) is 0.250. The van der Waals surface area contributed by atoms with Crippen LogP contribution in [-0.2, 0) is 11.2 Å². The van der Waals surface area contributed by atoms with Crippen molar-refractivity contribution in [2.24, 2.45) is 5.73 Å². The molecule has 3 N–H and O–H groups in total. The molecule has 0 bridgehead atoms.